The molecule has 0 aromatic rings. The van der Waals surface area contributed by atoms with Gasteiger partial charge in [-0.05, 0) is 13.3 Å². The van der Waals surface area contributed by atoms with E-state index in [0.717, 1.165) is 6.42 Å². The van der Waals surface area contributed by atoms with Crippen LogP contribution in [0.3, 0.4) is 0 Å². The molecule has 1 heterocycles. The number of hydrogen-bond acceptors (Lipinski definition) is 2. The molecular weight excluding hydrogens is 156 g/mol. The molecule has 1 fully saturated rings. The van der Waals surface area contributed by atoms with Crippen LogP contribution in [0.2, 0.25) is 0 Å². The summed E-state index contributed by atoms with van der Waals surface area (Å²) in [7, 11) is 0. The Morgan fingerprint density at radius 2 is 2.45 bits per heavy atom. The van der Waals surface area contributed by atoms with Crippen molar-refractivity contribution in [3.63, 3.8) is 0 Å². The van der Waals surface area contributed by atoms with Crippen molar-refractivity contribution >= 4 is 16.9 Å². The molecule has 0 spiro atoms. The first-order valence-electron chi connectivity index (χ1n) is 3.49. The second-order valence-corrected chi connectivity index (χ2v) is 4.17. The van der Waals surface area contributed by atoms with Crippen molar-refractivity contribution in [1.29, 1.82) is 5.41 Å². The van der Waals surface area contributed by atoms with Crippen molar-refractivity contribution in [2.45, 2.75) is 18.2 Å². The Morgan fingerprint density at radius 3 is 2.91 bits per heavy atom. The third-order valence-electron chi connectivity index (χ3n) is 1.48. The van der Waals surface area contributed by atoms with Gasteiger partial charge in [0.1, 0.15) is 0 Å². The van der Waals surface area contributed by atoms with E-state index in [4.69, 9.17) is 5.41 Å². The van der Waals surface area contributed by atoms with Gasteiger partial charge in [0, 0.05) is 0 Å². The third kappa shape index (κ3) is 2.12. The Balaban J connectivity index is 2.32. The van der Waals surface area contributed by atoms with Gasteiger partial charge < -0.3 is 5.32 Å². The van der Waals surface area contributed by atoms with Gasteiger partial charge in [-0.1, -0.05) is 36.6 Å². The molecule has 60 valence electrons. The van der Waals surface area contributed by atoms with Crippen molar-refractivity contribution in [3.05, 3.63) is 24.8 Å². The standard InChI is InChI=1S/C8H12N2S/c1-3-4-5-6-8(2)10-7(9)11-8/h3-5H,1,6H2,2H3,(H2,9,10)/b5-4-. The zero-order chi connectivity index (χ0) is 8.32. The number of amidine groups is 1. The van der Waals surface area contributed by atoms with Crippen LogP contribution in [0.25, 0.3) is 0 Å². The molecule has 1 aliphatic heterocycles. The molecule has 1 unspecified atom stereocenters. The van der Waals surface area contributed by atoms with E-state index < -0.39 is 0 Å². The SMILES string of the molecule is C=C/C=C\CC1(C)NC(=N)S1. The highest BCUT2D eigenvalue weighted by Gasteiger charge is 2.35. The van der Waals surface area contributed by atoms with Crippen molar-refractivity contribution in [2.24, 2.45) is 0 Å². The smallest absolute Gasteiger partial charge is 0.157 e. The highest BCUT2D eigenvalue weighted by Crippen LogP contribution is 2.34. The minimum Gasteiger partial charge on any atom is -0.350 e. The van der Waals surface area contributed by atoms with E-state index >= 15 is 0 Å². The predicted molar refractivity (Wildman–Crippen MR) is 50.8 cm³/mol. The topological polar surface area (TPSA) is 35.9 Å². The van der Waals surface area contributed by atoms with Crippen LogP contribution in [0, 0.1) is 5.41 Å². The molecule has 0 aliphatic carbocycles. The molecule has 1 rings (SSSR count). The summed E-state index contributed by atoms with van der Waals surface area (Å²) >= 11 is 1.57. The fraction of sp³-hybridized carbons (Fsp3) is 0.375. The van der Waals surface area contributed by atoms with Gasteiger partial charge in [-0.2, -0.15) is 0 Å². The Labute approximate surface area is 71.3 Å². The minimum absolute atomic E-state index is 0.0522. The molecule has 0 saturated carbocycles. The van der Waals surface area contributed by atoms with Gasteiger partial charge >= 0.3 is 0 Å². The summed E-state index contributed by atoms with van der Waals surface area (Å²) < 4.78 is 0. The summed E-state index contributed by atoms with van der Waals surface area (Å²) in [5, 5.41) is 10.8. The van der Waals surface area contributed by atoms with E-state index in [1.165, 1.54) is 0 Å². The van der Waals surface area contributed by atoms with Gasteiger partial charge in [0.25, 0.3) is 0 Å². The Hall–Kier alpha value is -0.700. The van der Waals surface area contributed by atoms with Crippen LogP contribution in [0.1, 0.15) is 13.3 Å². The number of nitrogens with one attached hydrogen (secondary N) is 2. The minimum atomic E-state index is 0.0522. The lowest BCUT2D eigenvalue weighted by atomic mass is 10.2. The van der Waals surface area contributed by atoms with E-state index in [2.05, 4.69) is 24.9 Å². The first kappa shape index (κ1) is 8.40. The lowest BCUT2D eigenvalue weighted by molar-refractivity contribution is 0.596. The second-order valence-electron chi connectivity index (χ2n) is 2.66. The number of hydrogen-bond donors (Lipinski definition) is 2. The monoisotopic (exact) mass is 168 g/mol. The van der Waals surface area contributed by atoms with Crippen LogP contribution in [0.5, 0.6) is 0 Å². The molecule has 2 nitrogen and oxygen atoms in total. The van der Waals surface area contributed by atoms with Gasteiger partial charge in [0.2, 0.25) is 0 Å². The molecule has 3 heteroatoms. The van der Waals surface area contributed by atoms with E-state index in [1.54, 1.807) is 17.8 Å². The average molecular weight is 168 g/mol. The largest absolute Gasteiger partial charge is 0.350 e. The van der Waals surface area contributed by atoms with E-state index in [9.17, 15) is 0 Å². The molecule has 2 N–H and O–H groups in total. The fourth-order valence-corrected chi connectivity index (χ4v) is 1.86. The summed E-state index contributed by atoms with van der Waals surface area (Å²) in [6.07, 6.45) is 6.68. The Bertz CT molecular complexity index is 200. The molecule has 1 atom stereocenters. The van der Waals surface area contributed by atoms with E-state index in [0.29, 0.717) is 5.17 Å². The molecule has 11 heavy (non-hydrogen) atoms. The highest BCUT2D eigenvalue weighted by molar-refractivity contribution is 8.16. The first-order chi connectivity index (χ1) is 5.16. The molecule has 1 aliphatic rings. The molecule has 0 bridgehead atoms. The van der Waals surface area contributed by atoms with E-state index in [1.807, 2.05) is 6.08 Å². The van der Waals surface area contributed by atoms with Gasteiger partial charge in [0.05, 0.1) is 4.87 Å². The summed E-state index contributed by atoms with van der Waals surface area (Å²) in [5.41, 5.74) is 0. The Morgan fingerprint density at radius 1 is 1.82 bits per heavy atom. The lowest BCUT2D eigenvalue weighted by Crippen LogP contribution is -2.52. The van der Waals surface area contributed by atoms with Crippen LogP contribution in [0.15, 0.2) is 24.8 Å². The van der Waals surface area contributed by atoms with Crippen LogP contribution < -0.4 is 5.32 Å². The quantitative estimate of drug-likeness (QED) is 0.633. The zero-order valence-corrected chi connectivity index (χ0v) is 7.37. The molecule has 0 aromatic carbocycles. The van der Waals surface area contributed by atoms with Crippen LogP contribution in [0.4, 0.5) is 0 Å². The number of thioether (sulfide) groups is 1. The van der Waals surface area contributed by atoms with Crippen molar-refractivity contribution in [2.75, 3.05) is 0 Å². The molecule has 0 aromatic heterocycles. The number of allylic oxidation sites excluding steroid dienone is 2. The average Bonchev–Trinajstić information content (AvgIpc) is 1.85. The lowest BCUT2D eigenvalue weighted by Gasteiger charge is -2.39. The molecule has 0 radical (unpaired) electrons. The van der Waals surface area contributed by atoms with Gasteiger partial charge in [-0.3, -0.25) is 5.41 Å². The summed E-state index contributed by atoms with van der Waals surface area (Å²) in [5.74, 6) is 0. The van der Waals surface area contributed by atoms with Crippen molar-refractivity contribution in [1.82, 2.24) is 5.32 Å². The highest BCUT2D eigenvalue weighted by atomic mass is 32.2. The summed E-state index contributed by atoms with van der Waals surface area (Å²) in [4.78, 5) is 0.0522. The third-order valence-corrected chi connectivity index (χ3v) is 2.51. The maximum absolute atomic E-state index is 7.17. The Kier molecular flexibility index (Phi) is 2.39. The summed E-state index contributed by atoms with van der Waals surface area (Å²) in [6.45, 7) is 5.67. The van der Waals surface area contributed by atoms with Crippen molar-refractivity contribution < 1.29 is 0 Å². The van der Waals surface area contributed by atoms with Crippen molar-refractivity contribution in [3.8, 4) is 0 Å². The molecular formula is C8H12N2S. The maximum atomic E-state index is 7.17. The molecule has 0 amide bonds. The second kappa shape index (κ2) is 3.13. The number of rotatable bonds is 3. The molecule has 1 saturated heterocycles. The van der Waals surface area contributed by atoms with Crippen LogP contribution in [-0.2, 0) is 0 Å². The van der Waals surface area contributed by atoms with Gasteiger partial charge in [-0.15, -0.1) is 0 Å². The first-order valence-corrected chi connectivity index (χ1v) is 4.31. The normalized spacial score (nSPS) is 29.7. The fourth-order valence-electron chi connectivity index (χ4n) is 0.952. The van der Waals surface area contributed by atoms with Gasteiger partial charge in [-0.25, -0.2) is 0 Å². The zero-order valence-electron chi connectivity index (χ0n) is 6.55. The maximum Gasteiger partial charge on any atom is 0.157 e. The van der Waals surface area contributed by atoms with Crippen LogP contribution in [-0.4, -0.2) is 10.0 Å². The predicted octanol–water partition coefficient (Wildman–Crippen LogP) is 2.11. The summed E-state index contributed by atoms with van der Waals surface area (Å²) in [6, 6.07) is 0. The van der Waals surface area contributed by atoms with Crippen LogP contribution >= 0.6 is 11.8 Å². The van der Waals surface area contributed by atoms with E-state index in [-0.39, 0.29) is 4.87 Å². The van der Waals surface area contributed by atoms with Gasteiger partial charge in [0.15, 0.2) is 5.17 Å².